The average molecular weight is 366 g/mol. The van der Waals surface area contributed by atoms with Gasteiger partial charge in [0.1, 0.15) is 0 Å². The van der Waals surface area contributed by atoms with Crippen LogP contribution in [0.1, 0.15) is 18.0 Å². The zero-order valence-corrected chi connectivity index (χ0v) is 14.3. The van der Waals surface area contributed by atoms with Crippen molar-refractivity contribution in [2.24, 2.45) is 0 Å². The van der Waals surface area contributed by atoms with Gasteiger partial charge in [0.25, 0.3) is 5.91 Å². The summed E-state index contributed by atoms with van der Waals surface area (Å²) in [4.78, 5) is 23.7. The molecule has 0 aromatic heterocycles. The third-order valence-electron chi connectivity index (χ3n) is 3.40. The standard InChI is InChI=1S/C18H17ClFNO4/c1-24-18(23)10-15(12-6-8-13(19)9-7-12)21-17(22)11-25-16-5-3-2-4-14(16)20/h2-9,15H,10-11H2,1H3,(H,21,22). The molecule has 25 heavy (non-hydrogen) atoms. The summed E-state index contributed by atoms with van der Waals surface area (Å²) in [5.74, 6) is -1.55. The summed E-state index contributed by atoms with van der Waals surface area (Å²) in [7, 11) is 1.27. The summed E-state index contributed by atoms with van der Waals surface area (Å²) in [6.07, 6.45) is -0.0520. The lowest BCUT2D eigenvalue weighted by atomic mass is 10.0. The highest BCUT2D eigenvalue weighted by Gasteiger charge is 2.19. The van der Waals surface area contributed by atoms with Gasteiger partial charge in [-0.05, 0) is 29.8 Å². The summed E-state index contributed by atoms with van der Waals surface area (Å²) in [5.41, 5.74) is 0.689. The molecule has 1 atom stereocenters. The van der Waals surface area contributed by atoms with Crippen molar-refractivity contribution in [1.82, 2.24) is 5.32 Å². The highest BCUT2D eigenvalue weighted by atomic mass is 35.5. The second-order valence-corrected chi connectivity index (χ2v) is 5.61. The van der Waals surface area contributed by atoms with Gasteiger partial charge in [0.2, 0.25) is 0 Å². The van der Waals surface area contributed by atoms with Crippen LogP contribution in [0.2, 0.25) is 5.02 Å². The molecule has 1 amide bonds. The summed E-state index contributed by atoms with van der Waals surface area (Å²) < 4.78 is 23.3. The van der Waals surface area contributed by atoms with Crippen molar-refractivity contribution in [3.63, 3.8) is 0 Å². The van der Waals surface area contributed by atoms with Crippen molar-refractivity contribution in [3.05, 3.63) is 64.9 Å². The molecule has 7 heteroatoms. The first-order valence-electron chi connectivity index (χ1n) is 7.48. The van der Waals surface area contributed by atoms with Gasteiger partial charge in [-0.1, -0.05) is 35.9 Å². The SMILES string of the molecule is COC(=O)CC(NC(=O)COc1ccccc1F)c1ccc(Cl)cc1. The van der Waals surface area contributed by atoms with Crippen LogP contribution in [0.3, 0.4) is 0 Å². The molecule has 1 unspecified atom stereocenters. The first-order chi connectivity index (χ1) is 12.0. The molecule has 2 aromatic carbocycles. The number of esters is 1. The quantitative estimate of drug-likeness (QED) is 0.765. The van der Waals surface area contributed by atoms with Crippen LogP contribution in [0.5, 0.6) is 5.75 Å². The molecule has 132 valence electrons. The number of ether oxygens (including phenoxy) is 2. The van der Waals surface area contributed by atoms with Gasteiger partial charge >= 0.3 is 5.97 Å². The summed E-state index contributed by atoms with van der Waals surface area (Å²) in [5, 5.41) is 3.21. The van der Waals surface area contributed by atoms with Crippen molar-refractivity contribution >= 4 is 23.5 Å². The van der Waals surface area contributed by atoms with E-state index in [0.29, 0.717) is 10.6 Å². The third kappa shape index (κ3) is 5.76. The molecule has 5 nitrogen and oxygen atoms in total. The molecular weight excluding hydrogens is 349 g/mol. The molecule has 0 radical (unpaired) electrons. The normalized spacial score (nSPS) is 11.5. The minimum atomic E-state index is -0.610. The molecule has 0 aliphatic rings. The van der Waals surface area contributed by atoms with Crippen LogP contribution in [-0.2, 0) is 14.3 Å². The van der Waals surface area contributed by atoms with Gasteiger partial charge in [0, 0.05) is 5.02 Å². The highest BCUT2D eigenvalue weighted by Crippen LogP contribution is 2.20. The van der Waals surface area contributed by atoms with Crippen molar-refractivity contribution in [1.29, 1.82) is 0 Å². The number of rotatable bonds is 7. The lowest BCUT2D eigenvalue weighted by molar-refractivity contribution is -0.141. The van der Waals surface area contributed by atoms with E-state index in [-0.39, 0.29) is 18.8 Å². The van der Waals surface area contributed by atoms with Gasteiger partial charge in [-0.2, -0.15) is 0 Å². The molecule has 0 spiro atoms. The van der Waals surface area contributed by atoms with E-state index in [1.54, 1.807) is 30.3 Å². The lowest BCUT2D eigenvalue weighted by Gasteiger charge is -2.18. The Morgan fingerprint density at radius 2 is 1.84 bits per heavy atom. The maximum Gasteiger partial charge on any atom is 0.307 e. The van der Waals surface area contributed by atoms with Crippen LogP contribution in [0, 0.1) is 5.82 Å². The number of para-hydroxylation sites is 1. The molecule has 0 aliphatic carbocycles. The van der Waals surface area contributed by atoms with Gasteiger partial charge in [-0.15, -0.1) is 0 Å². The molecule has 0 aliphatic heterocycles. The fourth-order valence-corrected chi connectivity index (χ4v) is 2.26. The number of hydrogen-bond acceptors (Lipinski definition) is 4. The van der Waals surface area contributed by atoms with E-state index in [1.165, 1.54) is 25.3 Å². The van der Waals surface area contributed by atoms with Crippen LogP contribution >= 0.6 is 11.6 Å². The predicted octanol–water partition coefficient (Wildman–Crippen LogP) is 3.28. The average Bonchev–Trinajstić information content (AvgIpc) is 2.61. The summed E-state index contributed by atoms with van der Waals surface area (Å²) >= 11 is 5.85. The maximum atomic E-state index is 13.5. The molecular formula is C18H17ClFNO4. The Labute approximate surface area is 149 Å². The maximum absolute atomic E-state index is 13.5. The third-order valence-corrected chi connectivity index (χ3v) is 3.65. The first-order valence-corrected chi connectivity index (χ1v) is 7.86. The summed E-state index contributed by atoms with van der Waals surface area (Å²) in [6.45, 7) is -0.383. The van der Waals surface area contributed by atoms with E-state index in [9.17, 15) is 14.0 Å². The van der Waals surface area contributed by atoms with E-state index in [2.05, 4.69) is 10.1 Å². The van der Waals surface area contributed by atoms with Crippen LogP contribution < -0.4 is 10.1 Å². The highest BCUT2D eigenvalue weighted by molar-refractivity contribution is 6.30. The van der Waals surface area contributed by atoms with Crippen LogP contribution in [0.25, 0.3) is 0 Å². The van der Waals surface area contributed by atoms with E-state index in [0.717, 1.165) is 0 Å². The smallest absolute Gasteiger partial charge is 0.307 e. The Balaban J connectivity index is 2.02. The molecule has 2 aromatic rings. The Morgan fingerprint density at radius 1 is 1.16 bits per heavy atom. The number of carbonyl (C=O) groups excluding carboxylic acids is 2. The Bertz CT molecular complexity index is 736. The van der Waals surface area contributed by atoms with Gasteiger partial charge < -0.3 is 14.8 Å². The van der Waals surface area contributed by atoms with Crippen LogP contribution in [0.15, 0.2) is 48.5 Å². The largest absolute Gasteiger partial charge is 0.481 e. The number of amides is 1. The Morgan fingerprint density at radius 3 is 2.48 bits per heavy atom. The topological polar surface area (TPSA) is 64.6 Å². The lowest BCUT2D eigenvalue weighted by Crippen LogP contribution is -2.34. The number of hydrogen-bond donors (Lipinski definition) is 1. The van der Waals surface area contributed by atoms with Gasteiger partial charge in [-0.3, -0.25) is 9.59 Å². The van der Waals surface area contributed by atoms with Crippen molar-refractivity contribution < 1.29 is 23.5 Å². The second-order valence-electron chi connectivity index (χ2n) is 5.17. The fraction of sp³-hybridized carbons (Fsp3) is 0.222. The minimum Gasteiger partial charge on any atom is -0.481 e. The zero-order valence-electron chi connectivity index (χ0n) is 13.5. The number of halogens is 2. The van der Waals surface area contributed by atoms with Crippen LogP contribution in [0.4, 0.5) is 4.39 Å². The molecule has 0 bridgehead atoms. The van der Waals surface area contributed by atoms with Crippen molar-refractivity contribution in [2.45, 2.75) is 12.5 Å². The Hall–Kier alpha value is -2.60. The molecule has 0 heterocycles. The molecule has 0 saturated heterocycles. The van der Waals surface area contributed by atoms with E-state index in [4.69, 9.17) is 16.3 Å². The molecule has 2 rings (SSSR count). The number of methoxy groups -OCH3 is 1. The van der Waals surface area contributed by atoms with Gasteiger partial charge in [0.15, 0.2) is 18.2 Å². The molecule has 0 fully saturated rings. The summed E-state index contributed by atoms with van der Waals surface area (Å²) in [6, 6.07) is 11.9. The fourth-order valence-electron chi connectivity index (χ4n) is 2.14. The van der Waals surface area contributed by atoms with Crippen molar-refractivity contribution in [2.75, 3.05) is 13.7 Å². The Kier molecular flexibility index (Phi) is 6.77. The number of carbonyl (C=O) groups is 2. The number of benzene rings is 2. The zero-order chi connectivity index (χ0) is 18.2. The predicted molar refractivity (Wildman–Crippen MR) is 90.9 cm³/mol. The number of nitrogens with one attached hydrogen (secondary N) is 1. The van der Waals surface area contributed by atoms with Crippen molar-refractivity contribution in [3.8, 4) is 5.75 Å². The molecule has 0 saturated carbocycles. The van der Waals surface area contributed by atoms with E-state index < -0.39 is 23.7 Å². The van der Waals surface area contributed by atoms with Crippen LogP contribution in [-0.4, -0.2) is 25.6 Å². The monoisotopic (exact) mass is 365 g/mol. The minimum absolute atomic E-state index is 0.0198. The first kappa shape index (κ1) is 18.7. The van der Waals surface area contributed by atoms with E-state index in [1.807, 2.05) is 0 Å². The second kappa shape index (κ2) is 9.03. The van der Waals surface area contributed by atoms with Gasteiger partial charge in [-0.25, -0.2) is 4.39 Å². The van der Waals surface area contributed by atoms with E-state index >= 15 is 0 Å². The molecule has 1 N–H and O–H groups in total. The van der Waals surface area contributed by atoms with Gasteiger partial charge in [0.05, 0.1) is 19.6 Å².